The Hall–Kier alpha value is -4.52. The Balaban J connectivity index is 1.51. The second-order valence-electron chi connectivity index (χ2n) is 9.79. The van der Waals surface area contributed by atoms with E-state index in [1.807, 2.05) is 19.0 Å². The van der Waals surface area contributed by atoms with Crippen molar-refractivity contribution in [3.63, 3.8) is 0 Å². The first-order valence-corrected chi connectivity index (χ1v) is 12.8. The quantitative estimate of drug-likeness (QED) is 0.198. The Bertz CT molecular complexity index is 1590. The minimum absolute atomic E-state index is 0.0399. The topological polar surface area (TPSA) is 72.9 Å². The number of carbonyl (C=O) groups excluding carboxylic acids is 1. The first kappa shape index (κ1) is 31.4. The second kappa shape index (κ2) is 12.4. The first-order valence-electron chi connectivity index (χ1n) is 12.8. The number of hydrogen-bond acceptors (Lipinski definition) is 6. The molecule has 1 aromatic heterocycles. The van der Waals surface area contributed by atoms with E-state index in [1.165, 1.54) is 31.4 Å². The Morgan fingerprint density at radius 2 is 1.47 bits per heavy atom. The van der Waals surface area contributed by atoms with Crippen LogP contribution in [0.15, 0.2) is 60.7 Å². The van der Waals surface area contributed by atoms with Gasteiger partial charge in [0.2, 0.25) is 0 Å². The summed E-state index contributed by atoms with van der Waals surface area (Å²) in [7, 11) is 5.41. The lowest BCUT2D eigenvalue weighted by Gasteiger charge is -2.15. The van der Waals surface area contributed by atoms with E-state index in [-0.39, 0.29) is 11.8 Å². The summed E-state index contributed by atoms with van der Waals surface area (Å²) in [6, 6.07) is 11.8. The van der Waals surface area contributed by atoms with Gasteiger partial charge in [-0.3, -0.25) is 4.79 Å². The molecule has 0 aliphatic carbocycles. The molecule has 4 rings (SSSR count). The summed E-state index contributed by atoms with van der Waals surface area (Å²) < 4.78 is 96.2. The van der Waals surface area contributed by atoms with Gasteiger partial charge in [0.15, 0.2) is 11.5 Å². The van der Waals surface area contributed by atoms with Gasteiger partial charge in [0.05, 0.1) is 29.4 Å². The molecule has 0 unspecified atom stereocenters. The lowest BCUT2D eigenvalue weighted by molar-refractivity contribution is -0.143. The van der Waals surface area contributed by atoms with Crippen LogP contribution in [0.3, 0.4) is 0 Å². The molecule has 1 amide bonds. The van der Waals surface area contributed by atoms with Crippen LogP contribution in [0.2, 0.25) is 0 Å². The van der Waals surface area contributed by atoms with Gasteiger partial charge in [-0.05, 0) is 75.6 Å². The van der Waals surface area contributed by atoms with Crippen LogP contribution in [0.25, 0.3) is 10.9 Å². The molecular weight excluding hydrogens is 580 g/mol. The number of nitrogens with zero attached hydrogens (tertiary/aromatic N) is 2. The maximum Gasteiger partial charge on any atom is 0.416 e. The summed E-state index contributed by atoms with van der Waals surface area (Å²) in [6.45, 7) is 2.93. The second-order valence-corrected chi connectivity index (χ2v) is 9.79. The summed E-state index contributed by atoms with van der Waals surface area (Å²) in [5.74, 6) is 0.701. The van der Waals surface area contributed by atoms with Crippen molar-refractivity contribution >= 4 is 22.5 Å². The number of carbonyl (C=O) groups is 1. The van der Waals surface area contributed by atoms with Gasteiger partial charge in [0, 0.05) is 29.2 Å². The third-order valence-corrected chi connectivity index (χ3v) is 6.23. The highest BCUT2D eigenvalue weighted by Gasteiger charge is 2.37. The SMILES string of the molecule is COc1cc2cc(Oc3ccc(NC(=O)c4cc(C(F)(F)F)cc(C(F)(F)F)c4)cc3)c(C)nc2cc1OCCN(C)C. The van der Waals surface area contributed by atoms with Gasteiger partial charge in [-0.25, -0.2) is 4.98 Å². The average Bonchev–Trinajstić information content (AvgIpc) is 2.93. The van der Waals surface area contributed by atoms with Crippen molar-refractivity contribution in [3.8, 4) is 23.0 Å². The van der Waals surface area contributed by atoms with E-state index in [1.54, 1.807) is 25.1 Å². The number of methoxy groups -OCH3 is 1. The molecule has 0 bridgehead atoms. The van der Waals surface area contributed by atoms with Gasteiger partial charge in [0.1, 0.15) is 18.1 Å². The molecule has 228 valence electrons. The monoisotopic (exact) mass is 607 g/mol. The minimum atomic E-state index is -5.07. The van der Waals surface area contributed by atoms with E-state index in [0.717, 1.165) is 5.39 Å². The normalized spacial score (nSPS) is 12.0. The van der Waals surface area contributed by atoms with Crippen LogP contribution in [0.4, 0.5) is 32.0 Å². The smallest absolute Gasteiger partial charge is 0.416 e. The molecule has 7 nitrogen and oxygen atoms in total. The van der Waals surface area contributed by atoms with Crippen molar-refractivity contribution in [2.24, 2.45) is 0 Å². The van der Waals surface area contributed by atoms with Gasteiger partial charge in [-0.2, -0.15) is 26.3 Å². The summed E-state index contributed by atoms with van der Waals surface area (Å²) in [4.78, 5) is 19.2. The fourth-order valence-corrected chi connectivity index (χ4v) is 4.00. The van der Waals surface area contributed by atoms with Crippen LogP contribution in [-0.4, -0.2) is 50.1 Å². The minimum Gasteiger partial charge on any atom is -0.493 e. The molecule has 3 aromatic carbocycles. The maximum absolute atomic E-state index is 13.2. The van der Waals surface area contributed by atoms with Gasteiger partial charge < -0.3 is 24.4 Å². The van der Waals surface area contributed by atoms with Crippen LogP contribution >= 0.6 is 0 Å². The Kier molecular flexibility index (Phi) is 9.04. The van der Waals surface area contributed by atoms with Crippen molar-refractivity contribution < 1.29 is 45.3 Å². The number of ether oxygens (including phenoxy) is 3. The van der Waals surface area contributed by atoms with Crippen LogP contribution in [0, 0.1) is 6.92 Å². The lowest BCUT2D eigenvalue weighted by atomic mass is 10.0. The van der Waals surface area contributed by atoms with E-state index in [9.17, 15) is 31.1 Å². The molecule has 0 atom stereocenters. The molecule has 4 aromatic rings. The molecule has 13 heteroatoms. The van der Waals surface area contributed by atoms with Crippen LogP contribution in [0.5, 0.6) is 23.0 Å². The molecule has 0 aliphatic rings. The molecule has 0 saturated carbocycles. The number of amides is 1. The first-order chi connectivity index (χ1) is 20.1. The number of nitrogens with one attached hydrogen (secondary N) is 1. The molecule has 0 aliphatic heterocycles. The Labute approximate surface area is 243 Å². The molecule has 1 heterocycles. The average molecular weight is 608 g/mol. The number of alkyl halides is 6. The Morgan fingerprint density at radius 3 is 2.02 bits per heavy atom. The van der Waals surface area contributed by atoms with Crippen molar-refractivity contribution in [3.05, 3.63) is 83.0 Å². The van der Waals surface area contributed by atoms with Gasteiger partial charge >= 0.3 is 12.4 Å². The van der Waals surface area contributed by atoms with Crippen LogP contribution in [0.1, 0.15) is 27.2 Å². The van der Waals surface area contributed by atoms with E-state index < -0.39 is 35.0 Å². The number of anilines is 1. The zero-order valence-electron chi connectivity index (χ0n) is 23.5. The number of aryl methyl sites for hydroxylation is 1. The van der Waals surface area contributed by atoms with E-state index in [4.69, 9.17) is 14.2 Å². The predicted octanol–water partition coefficient (Wildman–Crippen LogP) is 7.57. The van der Waals surface area contributed by atoms with Crippen molar-refractivity contribution in [1.82, 2.24) is 9.88 Å². The van der Waals surface area contributed by atoms with E-state index >= 15 is 0 Å². The molecule has 0 fully saturated rings. The van der Waals surface area contributed by atoms with E-state index in [2.05, 4.69) is 10.3 Å². The summed E-state index contributed by atoms with van der Waals surface area (Å²) >= 11 is 0. The fraction of sp³-hybridized carbons (Fsp3) is 0.267. The Morgan fingerprint density at radius 1 is 0.860 bits per heavy atom. The number of aromatic nitrogens is 1. The molecule has 1 N–H and O–H groups in total. The highest BCUT2D eigenvalue weighted by molar-refractivity contribution is 6.04. The summed E-state index contributed by atoms with van der Waals surface area (Å²) in [5.41, 5.74) is -2.60. The number of benzene rings is 3. The van der Waals surface area contributed by atoms with Crippen LogP contribution in [-0.2, 0) is 12.4 Å². The molecule has 0 saturated heterocycles. The summed E-state index contributed by atoms with van der Waals surface area (Å²) in [5, 5.41) is 3.03. The predicted molar refractivity (Wildman–Crippen MR) is 148 cm³/mol. The fourth-order valence-electron chi connectivity index (χ4n) is 4.00. The van der Waals surface area contributed by atoms with Crippen LogP contribution < -0.4 is 19.5 Å². The number of rotatable bonds is 9. The van der Waals surface area contributed by atoms with Crippen molar-refractivity contribution in [1.29, 1.82) is 0 Å². The standard InChI is InChI=1S/C30H27F6N3O4/c1-17-25(13-18-14-26(41-4)27(16-24(18)37-17)42-10-9-39(2)3)43-23-7-5-22(6-8-23)38-28(40)19-11-20(29(31,32)33)15-21(12-19)30(34,35)36/h5-8,11-16H,9-10H2,1-4H3,(H,38,40). The highest BCUT2D eigenvalue weighted by Crippen LogP contribution is 2.37. The number of hydrogen-bond donors (Lipinski definition) is 1. The molecule has 0 radical (unpaired) electrons. The summed E-state index contributed by atoms with van der Waals surface area (Å²) in [6.07, 6.45) is -10.1. The third kappa shape index (κ3) is 7.86. The van der Waals surface area contributed by atoms with Crippen molar-refractivity contribution in [2.45, 2.75) is 19.3 Å². The maximum atomic E-state index is 13.2. The van der Waals surface area contributed by atoms with Crippen molar-refractivity contribution in [2.75, 3.05) is 39.7 Å². The number of pyridine rings is 1. The van der Waals surface area contributed by atoms with E-state index in [0.29, 0.717) is 59.5 Å². The largest absolute Gasteiger partial charge is 0.493 e. The zero-order valence-corrected chi connectivity index (χ0v) is 23.5. The van der Waals surface area contributed by atoms with Gasteiger partial charge in [0.25, 0.3) is 5.91 Å². The number of fused-ring (bicyclic) bond motifs is 1. The highest BCUT2D eigenvalue weighted by atomic mass is 19.4. The van der Waals surface area contributed by atoms with Gasteiger partial charge in [-0.1, -0.05) is 0 Å². The zero-order chi connectivity index (χ0) is 31.5. The molecule has 0 spiro atoms. The number of likely N-dealkylation sites (N-methyl/N-ethyl adjacent to an activating group) is 1. The number of halogens is 6. The molecule has 43 heavy (non-hydrogen) atoms. The third-order valence-electron chi connectivity index (χ3n) is 6.23. The molecular formula is C30H27F6N3O4. The van der Waals surface area contributed by atoms with Gasteiger partial charge in [-0.15, -0.1) is 0 Å². The lowest BCUT2D eigenvalue weighted by Crippen LogP contribution is -2.19.